The maximum absolute atomic E-state index is 11.9. The van der Waals surface area contributed by atoms with Gasteiger partial charge >= 0.3 is 23.7 Å². The Bertz CT molecular complexity index is 536. The van der Waals surface area contributed by atoms with E-state index in [0.717, 1.165) is 0 Å². The van der Waals surface area contributed by atoms with Crippen molar-refractivity contribution in [2.75, 3.05) is 19.8 Å². The van der Waals surface area contributed by atoms with Gasteiger partial charge in [0.05, 0.1) is 6.61 Å². The van der Waals surface area contributed by atoms with Crippen LogP contribution in [0.3, 0.4) is 0 Å². The summed E-state index contributed by atoms with van der Waals surface area (Å²) in [6.07, 6.45) is -9.60. The molecule has 30 heavy (non-hydrogen) atoms. The van der Waals surface area contributed by atoms with Gasteiger partial charge in [0.15, 0.2) is 22.1 Å². The third kappa shape index (κ3) is 19.0. The minimum absolute atomic E-state index is 0. The molecule has 0 spiro atoms. The number of halogens is 11. The van der Waals surface area contributed by atoms with E-state index >= 15 is 0 Å². The topological polar surface area (TPSA) is 118 Å². The summed E-state index contributed by atoms with van der Waals surface area (Å²) in [6, 6.07) is 0. The fraction of sp³-hybridized carbons (Fsp3) is 0.727. The summed E-state index contributed by atoms with van der Waals surface area (Å²) in [7, 11) is -6.03. The van der Waals surface area contributed by atoms with Gasteiger partial charge in [0.2, 0.25) is 0 Å². The standard InChI is InChI=1S/C3H4F4O.C3H5F3O4S.C3H3F3O.CH4.CH3.FH.H3P/c4-2(5)3(6,7)1-8;4-2(1-7)3(5,6)11(8,9)10;4-2(1-7)3(5)6;;;;/h2,8H,1H2;2,7H,1H2,(H,8,9,10);7H,1H2;1H4;1H3;1H;1H3/q;;;;+1;;/p-1/i/hT. The fourth-order valence-electron chi connectivity index (χ4n) is 0.392. The molecule has 0 rings (SSSR count). The monoisotopic (exact) mass is 524 g/mol. The third-order valence-corrected chi connectivity index (χ3v) is 2.65. The van der Waals surface area contributed by atoms with Crippen molar-refractivity contribution in [3.8, 4) is 0 Å². The van der Waals surface area contributed by atoms with Crippen LogP contribution in [0.1, 0.15) is 7.43 Å². The molecule has 0 aromatic carbocycles. The maximum Gasteiger partial charge on any atom is 0.367 e. The first-order chi connectivity index (χ1) is 12.4. The lowest BCUT2D eigenvalue weighted by Crippen LogP contribution is -2.40. The van der Waals surface area contributed by atoms with Crippen LogP contribution in [0.25, 0.3) is 0 Å². The van der Waals surface area contributed by atoms with E-state index in [0.29, 0.717) is 0 Å². The van der Waals surface area contributed by atoms with Crippen LogP contribution in [0.4, 0.5) is 48.6 Å². The molecule has 0 amide bonds. The van der Waals surface area contributed by atoms with Crippen molar-refractivity contribution < 1.29 is 76.9 Å². The number of hydrogen-bond donors (Lipinski definition) is 3. The number of hydrogen-bond acceptors (Lipinski definition) is 6. The lowest BCUT2D eigenvalue weighted by atomic mass is 10.4. The summed E-state index contributed by atoms with van der Waals surface area (Å²) in [5.41, 5.74) is 0. The first-order valence-corrected chi connectivity index (χ1v) is 6.98. The zero-order valence-corrected chi connectivity index (χ0v) is 16.3. The Labute approximate surface area is 169 Å². The molecule has 190 valence electrons. The second-order valence-corrected chi connectivity index (χ2v) is 5.16. The lowest BCUT2D eigenvalue weighted by Gasteiger charge is -2.21. The van der Waals surface area contributed by atoms with Gasteiger partial charge in [-0.3, -0.25) is 4.72 Å². The van der Waals surface area contributed by atoms with Crippen LogP contribution in [0.2, 0.25) is 0 Å². The van der Waals surface area contributed by atoms with Gasteiger partial charge in [-0.05, 0) is 0 Å². The second-order valence-electron chi connectivity index (χ2n) is 3.71. The summed E-state index contributed by atoms with van der Waals surface area (Å²) in [6.45, 7) is -4.73. The molecule has 19 heteroatoms. The molecule has 0 heterocycles. The van der Waals surface area contributed by atoms with Crippen molar-refractivity contribution in [2.24, 2.45) is 0 Å². The molecule has 6 nitrogen and oxygen atoms in total. The van der Waals surface area contributed by atoms with Crippen molar-refractivity contribution in [1.29, 1.82) is 1.45 Å². The molecule has 0 aliphatic rings. The van der Waals surface area contributed by atoms with Crippen LogP contribution in [-0.2, 0) is 10.1 Å². The van der Waals surface area contributed by atoms with Crippen LogP contribution in [0, 0.1) is 7.43 Å². The van der Waals surface area contributed by atoms with Gasteiger partial charge in [-0.15, -0.1) is 0 Å². The van der Waals surface area contributed by atoms with E-state index in [1.54, 1.807) is 0 Å². The highest BCUT2D eigenvalue weighted by Gasteiger charge is 2.46. The minimum Gasteiger partial charge on any atom is -0.743 e. The molecule has 0 aromatic heterocycles. The van der Waals surface area contributed by atoms with Gasteiger partial charge < -0.3 is 19.9 Å². The SMILES string of the molecule is C.O=S(=O)([O-])C(F)(F)C(F)CO.OCC(F)(F)C(F)F.OCC(F)=C(F)F.P.[3H]F.[CH3+]. The first kappa shape index (κ1) is 43.0. The zero-order valence-electron chi connectivity index (χ0n) is 15.1. The smallest absolute Gasteiger partial charge is 0.367 e. The normalized spacial score (nSPS) is 11.7. The molecular formula is C11H22F11O6PS. The Morgan fingerprint density at radius 2 is 1.37 bits per heavy atom. The van der Waals surface area contributed by atoms with Crippen LogP contribution in [0.5, 0.6) is 0 Å². The molecule has 0 radical (unpaired) electrons. The molecule has 2 unspecified atom stereocenters. The van der Waals surface area contributed by atoms with E-state index in [4.69, 9.17) is 20.0 Å². The number of rotatable bonds is 6. The quantitative estimate of drug-likeness (QED) is 0.213. The molecule has 0 bridgehead atoms. The minimum atomic E-state index is -6.03. The Kier molecular flexibility index (Phi) is 28.7. The molecule has 0 fully saturated rings. The highest BCUT2D eigenvalue weighted by molar-refractivity contribution is 7.86. The zero-order chi connectivity index (χ0) is 23.9. The van der Waals surface area contributed by atoms with Gasteiger partial charge in [0.1, 0.15) is 13.2 Å². The Morgan fingerprint density at radius 1 is 1.03 bits per heavy atom. The summed E-state index contributed by atoms with van der Waals surface area (Å²) in [4.78, 5) is 0. The molecule has 0 aromatic rings. The van der Waals surface area contributed by atoms with Gasteiger partial charge in [0.25, 0.3) is 1.45 Å². The number of aliphatic hydroxyl groups excluding tert-OH is 3. The van der Waals surface area contributed by atoms with Crippen LogP contribution < -0.4 is 0 Å². The van der Waals surface area contributed by atoms with Crippen molar-refractivity contribution in [3.63, 3.8) is 0 Å². The van der Waals surface area contributed by atoms with E-state index in [1.165, 1.54) is 0 Å². The third-order valence-electron chi connectivity index (χ3n) is 1.73. The van der Waals surface area contributed by atoms with E-state index in [1.807, 2.05) is 0 Å². The number of aliphatic hydroxyl groups is 3. The van der Waals surface area contributed by atoms with E-state index in [-0.39, 0.29) is 24.8 Å². The molecule has 2 atom stereocenters. The van der Waals surface area contributed by atoms with Gasteiger partial charge in [0, 0.05) is 7.43 Å². The molecule has 0 saturated carbocycles. The first-order valence-electron chi connectivity index (χ1n) is 5.95. The largest absolute Gasteiger partial charge is 0.743 e. The molecule has 0 aliphatic carbocycles. The van der Waals surface area contributed by atoms with Crippen molar-refractivity contribution in [2.45, 2.75) is 31.2 Å². The molecular weight excluding hydrogens is 500 g/mol. The summed E-state index contributed by atoms with van der Waals surface area (Å²) >= 11 is 0. The van der Waals surface area contributed by atoms with Crippen LogP contribution in [-0.4, -0.2) is 73.3 Å². The van der Waals surface area contributed by atoms with Gasteiger partial charge in [-0.2, -0.15) is 36.2 Å². The number of alkyl halides is 7. The second kappa shape index (κ2) is 20.0. The predicted octanol–water partition coefficient (Wildman–Crippen LogP) is 2.69. The predicted molar refractivity (Wildman–Crippen MR) is 88.9 cm³/mol. The van der Waals surface area contributed by atoms with Gasteiger partial charge in [-0.1, -0.05) is 7.43 Å². The van der Waals surface area contributed by atoms with Crippen molar-refractivity contribution in [1.82, 2.24) is 0 Å². The van der Waals surface area contributed by atoms with Crippen LogP contribution in [0.15, 0.2) is 11.9 Å². The highest BCUT2D eigenvalue weighted by Crippen LogP contribution is 2.26. The Hall–Kier alpha value is -0.940. The molecule has 0 aliphatic heterocycles. The summed E-state index contributed by atoms with van der Waals surface area (Å²) in [5, 5.41) is 17.8. The van der Waals surface area contributed by atoms with E-state index < -0.39 is 65.6 Å². The fourth-order valence-corrected chi connectivity index (χ4v) is 0.779. The maximum atomic E-state index is 11.9. The molecule has 3 N–H and O–H groups in total. The highest BCUT2D eigenvalue weighted by atomic mass is 32.2. The van der Waals surface area contributed by atoms with E-state index in [2.05, 4.69) is 1.45 Å². The Morgan fingerprint density at radius 3 is 1.40 bits per heavy atom. The van der Waals surface area contributed by atoms with E-state index in [9.17, 15) is 56.9 Å². The summed E-state index contributed by atoms with van der Waals surface area (Å²) < 4.78 is 154. The van der Waals surface area contributed by atoms with Crippen LogP contribution >= 0.6 is 9.90 Å². The Balaban J connectivity index is -0.0000000523. The average Bonchev–Trinajstić information content (AvgIpc) is 2.61. The van der Waals surface area contributed by atoms with Crippen molar-refractivity contribution >= 4 is 20.0 Å². The lowest BCUT2D eigenvalue weighted by molar-refractivity contribution is -0.153. The molecule has 0 saturated heterocycles. The summed E-state index contributed by atoms with van der Waals surface area (Å²) in [5.74, 6) is -6.00. The van der Waals surface area contributed by atoms with Gasteiger partial charge in [-0.25, -0.2) is 26.0 Å². The van der Waals surface area contributed by atoms with Crippen molar-refractivity contribution in [3.05, 3.63) is 19.3 Å². The average molecular weight is 524 g/mol.